The highest BCUT2D eigenvalue weighted by Crippen LogP contribution is 2.37. The maximum absolute atomic E-state index is 13.2. The first kappa shape index (κ1) is 22.5. The minimum absolute atomic E-state index is 0.00436. The number of fused-ring (bicyclic) bond motifs is 2. The van der Waals surface area contributed by atoms with Crippen LogP contribution in [0.1, 0.15) is 68.2 Å². The summed E-state index contributed by atoms with van der Waals surface area (Å²) in [6, 6.07) is 5.66. The smallest absolute Gasteiger partial charge is 0.326 e. The Labute approximate surface area is 204 Å². The molecule has 2 fully saturated rings. The number of ether oxygens (including phenoxy) is 1. The molecular weight excluding hydrogens is 440 g/mol. The van der Waals surface area contributed by atoms with E-state index in [9.17, 15) is 4.79 Å². The fraction of sp³-hybridized carbons (Fsp3) is 0.519. The normalized spacial score (nSPS) is 21.3. The molecule has 0 amide bonds. The topological polar surface area (TPSA) is 89.2 Å². The lowest BCUT2D eigenvalue weighted by Gasteiger charge is -2.35. The van der Waals surface area contributed by atoms with Gasteiger partial charge in [0.05, 0.1) is 30.3 Å². The van der Waals surface area contributed by atoms with Gasteiger partial charge in [-0.25, -0.2) is 14.3 Å². The van der Waals surface area contributed by atoms with Gasteiger partial charge in [-0.15, -0.1) is 0 Å². The molecule has 6 rings (SSSR count). The average Bonchev–Trinajstić information content (AvgIpc) is 3.41. The van der Waals surface area contributed by atoms with Crippen LogP contribution in [0.15, 0.2) is 29.5 Å². The Balaban J connectivity index is 1.39. The first-order valence-electron chi connectivity index (χ1n) is 12.8. The number of hydrogen-bond donors (Lipinski definition) is 2. The Morgan fingerprint density at radius 3 is 2.51 bits per heavy atom. The molecule has 2 N–H and O–H groups in total. The third-order valence-electron chi connectivity index (χ3n) is 8.10. The van der Waals surface area contributed by atoms with E-state index in [2.05, 4.69) is 66.4 Å². The van der Waals surface area contributed by atoms with Gasteiger partial charge in [0.2, 0.25) is 0 Å². The van der Waals surface area contributed by atoms with Gasteiger partial charge in [0.1, 0.15) is 6.33 Å². The minimum atomic E-state index is -0.00436. The number of aryl methyl sites for hydroxylation is 1. The second kappa shape index (κ2) is 8.60. The number of nitrogens with one attached hydrogen (secondary N) is 2. The fourth-order valence-corrected chi connectivity index (χ4v) is 5.90. The van der Waals surface area contributed by atoms with Crippen LogP contribution in [-0.4, -0.2) is 49.4 Å². The van der Waals surface area contributed by atoms with Gasteiger partial charge in [-0.2, -0.15) is 5.10 Å². The standard InChI is InChI=1S/C27H34N6O2/c1-15(2)21-10-25-24(9-22(21)23-11-32-26(28-14-29-32)17(4)16(23)3)31-27(34)33(25)20-7-5-18(6-8-20)30-19-12-35-13-19/h9-11,14-15,18-20,30H,5-8,12-13H2,1-4H3,(H,31,34). The fourth-order valence-electron chi connectivity index (χ4n) is 5.90. The van der Waals surface area contributed by atoms with Gasteiger partial charge in [-0.1, -0.05) is 13.8 Å². The van der Waals surface area contributed by atoms with Crippen LogP contribution in [-0.2, 0) is 4.74 Å². The highest BCUT2D eigenvalue weighted by molar-refractivity contribution is 5.86. The maximum Gasteiger partial charge on any atom is 0.326 e. The summed E-state index contributed by atoms with van der Waals surface area (Å²) in [5.74, 6) is 0.309. The molecule has 2 aliphatic rings. The zero-order valence-electron chi connectivity index (χ0n) is 21.0. The number of rotatable bonds is 5. The summed E-state index contributed by atoms with van der Waals surface area (Å²) < 4.78 is 9.17. The molecule has 1 saturated heterocycles. The summed E-state index contributed by atoms with van der Waals surface area (Å²) in [5.41, 5.74) is 8.63. The number of pyridine rings is 1. The Kier molecular flexibility index (Phi) is 5.53. The summed E-state index contributed by atoms with van der Waals surface area (Å²) in [7, 11) is 0. The number of H-pyrrole nitrogens is 1. The van der Waals surface area contributed by atoms with Gasteiger partial charge >= 0.3 is 5.69 Å². The maximum atomic E-state index is 13.2. The van der Waals surface area contributed by atoms with Crippen LogP contribution < -0.4 is 11.0 Å². The number of aromatic amines is 1. The summed E-state index contributed by atoms with van der Waals surface area (Å²) in [4.78, 5) is 20.8. The molecule has 1 aliphatic carbocycles. The van der Waals surface area contributed by atoms with Crippen molar-refractivity contribution in [1.82, 2.24) is 29.5 Å². The van der Waals surface area contributed by atoms with Crippen molar-refractivity contribution in [2.75, 3.05) is 13.2 Å². The first-order valence-corrected chi connectivity index (χ1v) is 12.8. The molecule has 4 heterocycles. The van der Waals surface area contributed by atoms with Crippen LogP contribution in [0.4, 0.5) is 0 Å². The highest BCUT2D eigenvalue weighted by atomic mass is 16.5. The molecule has 0 atom stereocenters. The van der Waals surface area contributed by atoms with E-state index in [1.165, 1.54) is 11.1 Å². The lowest BCUT2D eigenvalue weighted by molar-refractivity contribution is -0.0125. The quantitative estimate of drug-likeness (QED) is 0.451. The summed E-state index contributed by atoms with van der Waals surface area (Å²) in [6.07, 6.45) is 7.86. The molecule has 0 bridgehead atoms. The number of benzene rings is 1. The molecule has 0 radical (unpaired) electrons. The number of hydrogen-bond acceptors (Lipinski definition) is 5. The number of nitrogens with zero attached hydrogens (tertiary/aromatic N) is 4. The molecular formula is C27H34N6O2. The van der Waals surface area contributed by atoms with Gasteiger partial charge in [-0.05, 0) is 79.8 Å². The Morgan fingerprint density at radius 2 is 1.83 bits per heavy atom. The van der Waals surface area contributed by atoms with E-state index in [0.717, 1.165) is 72.3 Å². The SMILES string of the molecule is Cc1c(-c2cc3[nH]c(=O)n(C4CCC(NC5COC5)CC4)c3cc2C(C)C)cn2ncnc2c1C. The van der Waals surface area contributed by atoms with Crippen molar-refractivity contribution >= 4 is 16.7 Å². The van der Waals surface area contributed by atoms with Crippen LogP contribution in [0.25, 0.3) is 27.8 Å². The molecule has 35 heavy (non-hydrogen) atoms. The van der Waals surface area contributed by atoms with E-state index >= 15 is 0 Å². The number of imidazole rings is 1. The van der Waals surface area contributed by atoms with Gasteiger partial charge in [0.25, 0.3) is 0 Å². The Hall–Kier alpha value is -2.97. The number of aromatic nitrogens is 5. The van der Waals surface area contributed by atoms with Crippen LogP contribution >= 0.6 is 0 Å². The van der Waals surface area contributed by atoms with Crippen LogP contribution in [0.2, 0.25) is 0 Å². The van der Waals surface area contributed by atoms with Gasteiger partial charge in [0, 0.05) is 23.8 Å². The van der Waals surface area contributed by atoms with E-state index < -0.39 is 0 Å². The van der Waals surface area contributed by atoms with Gasteiger partial charge < -0.3 is 15.0 Å². The molecule has 8 heteroatoms. The van der Waals surface area contributed by atoms with Crippen LogP contribution in [0, 0.1) is 13.8 Å². The van der Waals surface area contributed by atoms with Crippen molar-refractivity contribution in [2.24, 2.45) is 0 Å². The Bertz CT molecular complexity index is 1450. The van der Waals surface area contributed by atoms with Gasteiger partial charge in [0.15, 0.2) is 5.65 Å². The average molecular weight is 475 g/mol. The van der Waals surface area contributed by atoms with E-state index in [4.69, 9.17) is 4.74 Å². The third-order valence-corrected chi connectivity index (χ3v) is 8.10. The van der Waals surface area contributed by atoms with Crippen molar-refractivity contribution in [2.45, 2.75) is 77.4 Å². The second-order valence-corrected chi connectivity index (χ2v) is 10.6. The van der Waals surface area contributed by atoms with Crippen molar-refractivity contribution in [1.29, 1.82) is 0 Å². The Morgan fingerprint density at radius 1 is 1.06 bits per heavy atom. The van der Waals surface area contributed by atoms with E-state index in [1.807, 2.05) is 9.08 Å². The van der Waals surface area contributed by atoms with Crippen LogP contribution in [0.3, 0.4) is 0 Å². The van der Waals surface area contributed by atoms with Crippen molar-refractivity contribution in [3.8, 4) is 11.1 Å². The summed E-state index contributed by atoms with van der Waals surface area (Å²) in [5, 5.41) is 8.10. The van der Waals surface area contributed by atoms with E-state index in [-0.39, 0.29) is 11.7 Å². The molecule has 1 aliphatic heterocycles. The van der Waals surface area contributed by atoms with Gasteiger partial charge in [-0.3, -0.25) is 4.57 Å². The lowest BCUT2D eigenvalue weighted by atomic mass is 9.88. The van der Waals surface area contributed by atoms with E-state index in [1.54, 1.807) is 6.33 Å². The minimum Gasteiger partial charge on any atom is -0.378 e. The molecule has 4 aromatic rings. The van der Waals surface area contributed by atoms with Crippen molar-refractivity contribution < 1.29 is 4.74 Å². The molecule has 1 aromatic carbocycles. The molecule has 184 valence electrons. The molecule has 1 saturated carbocycles. The monoisotopic (exact) mass is 474 g/mol. The molecule has 3 aromatic heterocycles. The predicted octanol–water partition coefficient (Wildman–Crippen LogP) is 4.25. The molecule has 0 spiro atoms. The summed E-state index contributed by atoms with van der Waals surface area (Å²) >= 11 is 0. The zero-order valence-corrected chi connectivity index (χ0v) is 21.0. The third kappa shape index (κ3) is 3.79. The second-order valence-electron chi connectivity index (χ2n) is 10.6. The van der Waals surface area contributed by atoms with Crippen LogP contribution in [0.5, 0.6) is 0 Å². The first-order chi connectivity index (χ1) is 16.9. The zero-order chi connectivity index (χ0) is 24.3. The molecule has 0 unspecified atom stereocenters. The largest absolute Gasteiger partial charge is 0.378 e. The summed E-state index contributed by atoms with van der Waals surface area (Å²) in [6.45, 7) is 10.3. The predicted molar refractivity (Wildman–Crippen MR) is 137 cm³/mol. The lowest BCUT2D eigenvalue weighted by Crippen LogP contribution is -2.51. The van der Waals surface area contributed by atoms with Crippen molar-refractivity contribution in [3.63, 3.8) is 0 Å². The molecule has 8 nitrogen and oxygen atoms in total. The van der Waals surface area contributed by atoms with Crippen molar-refractivity contribution in [3.05, 3.63) is 51.8 Å². The van der Waals surface area contributed by atoms with E-state index in [0.29, 0.717) is 18.0 Å². The highest BCUT2D eigenvalue weighted by Gasteiger charge is 2.29.